The van der Waals surface area contributed by atoms with Crippen molar-refractivity contribution in [3.05, 3.63) is 10.8 Å². The summed E-state index contributed by atoms with van der Waals surface area (Å²) in [5.41, 5.74) is 5.88. The topological polar surface area (TPSA) is 26.3 Å². The largest absolute Gasteiger partial charge is 0.286 e. The smallest absolute Gasteiger partial charge is 0.225 e. The van der Waals surface area contributed by atoms with E-state index in [9.17, 15) is 0 Å². The van der Waals surface area contributed by atoms with Crippen molar-refractivity contribution in [2.45, 2.75) is 64.2 Å². The maximum Gasteiger partial charge on any atom is 0.225 e. The van der Waals surface area contributed by atoms with Crippen molar-refractivity contribution in [3.8, 4) is 0 Å². The summed E-state index contributed by atoms with van der Waals surface area (Å²) in [6.07, 6.45) is 14.6. The first-order valence-electron chi connectivity index (χ1n) is 10.6. The van der Waals surface area contributed by atoms with Gasteiger partial charge in [0.15, 0.2) is 0 Å². The summed E-state index contributed by atoms with van der Waals surface area (Å²) < 4.78 is 11.5. The Balaban J connectivity index is 1.40. The monoisotopic (exact) mass is 324 g/mol. The molecule has 8 fully saturated rings. The Hall–Kier alpha value is -0.920. The maximum atomic E-state index is 5.75. The van der Waals surface area contributed by atoms with E-state index >= 15 is 0 Å². The lowest BCUT2D eigenvalue weighted by Crippen LogP contribution is -2.49. The van der Waals surface area contributed by atoms with Gasteiger partial charge in [0.05, 0.1) is 0 Å². The van der Waals surface area contributed by atoms with E-state index in [-0.39, 0.29) is 0 Å². The van der Waals surface area contributed by atoms with Crippen LogP contribution in [-0.2, 0) is 0 Å². The molecule has 0 saturated heterocycles. The number of hydrogen-bond donors (Lipinski definition) is 0. The summed E-state index contributed by atoms with van der Waals surface area (Å²) in [4.78, 5) is 0. The third-order valence-corrected chi connectivity index (χ3v) is 8.97. The fourth-order valence-corrected chi connectivity index (χ4v) is 8.61. The molecular formula is C22H28O2. The Morgan fingerprint density at radius 2 is 0.708 bits per heavy atom. The first-order valence-corrected chi connectivity index (χ1v) is 10.6. The zero-order valence-electron chi connectivity index (χ0n) is 14.5. The van der Waals surface area contributed by atoms with Crippen LogP contribution in [0.1, 0.15) is 64.2 Å². The highest BCUT2D eigenvalue weighted by Gasteiger charge is 2.49. The van der Waals surface area contributed by atoms with Crippen LogP contribution in [0.5, 0.6) is 0 Å². The second kappa shape index (κ2) is 4.43. The van der Waals surface area contributed by atoms with Crippen LogP contribution in [0.4, 0.5) is 0 Å². The van der Waals surface area contributed by atoms with Gasteiger partial charge in [-0.3, -0.25) is 9.15 Å². The Bertz CT molecular complexity index is 678. The third kappa shape index (κ3) is 1.64. The fraction of sp³-hybridized carbons (Fsp3) is 0.818. The SMILES string of the molecule is C1C2CC3CC1CC(C2)C3=c1ooc1=C1C2CC3CC(C2)CC1C3. The van der Waals surface area contributed by atoms with Crippen molar-refractivity contribution in [3.63, 3.8) is 0 Å². The molecule has 2 heteroatoms. The first-order chi connectivity index (χ1) is 11.8. The summed E-state index contributed by atoms with van der Waals surface area (Å²) in [7, 11) is 0. The lowest BCUT2D eigenvalue weighted by atomic mass is 9.53. The molecule has 128 valence electrons. The van der Waals surface area contributed by atoms with Crippen molar-refractivity contribution < 1.29 is 9.15 Å². The highest BCUT2D eigenvalue weighted by atomic mass is 17.0. The molecule has 0 unspecified atom stereocenters. The predicted molar refractivity (Wildman–Crippen MR) is 91.1 cm³/mol. The van der Waals surface area contributed by atoms with Gasteiger partial charge in [0.1, 0.15) is 0 Å². The van der Waals surface area contributed by atoms with Gasteiger partial charge in [0.25, 0.3) is 0 Å². The van der Waals surface area contributed by atoms with Crippen molar-refractivity contribution in [1.82, 2.24) is 0 Å². The van der Waals surface area contributed by atoms with Gasteiger partial charge in [0.2, 0.25) is 10.8 Å². The molecule has 8 bridgehead atoms. The molecule has 0 N–H and O–H groups in total. The highest BCUT2D eigenvalue weighted by Crippen LogP contribution is 2.58. The standard InChI is InChI=1S/C22H28O2/c1-11-3-15-5-12(1)6-16(4-11)19(15)21-22(24-23-21)20-17-7-13-2-14(9-17)10-18(20)8-13/h11-18H,1-10H2. The van der Waals surface area contributed by atoms with Crippen molar-refractivity contribution in [2.75, 3.05) is 0 Å². The van der Waals surface area contributed by atoms with E-state index in [1.165, 1.54) is 75.0 Å². The van der Waals surface area contributed by atoms with E-state index in [0.717, 1.165) is 47.3 Å². The quantitative estimate of drug-likeness (QED) is 0.672. The van der Waals surface area contributed by atoms with E-state index in [1.54, 1.807) is 11.1 Å². The molecule has 8 saturated carbocycles. The lowest BCUT2D eigenvalue weighted by molar-refractivity contribution is -0.0451. The minimum absolute atomic E-state index is 0.826. The van der Waals surface area contributed by atoms with Crippen LogP contribution in [-0.4, -0.2) is 0 Å². The van der Waals surface area contributed by atoms with Crippen molar-refractivity contribution >= 4 is 11.1 Å². The molecular weight excluding hydrogens is 296 g/mol. The molecule has 1 heterocycles. The van der Waals surface area contributed by atoms with Crippen LogP contribution < -0.4 is 10.8 Å². The van der Waals surface area contributed by atoms with Gasteiger partial charge in [-0.1, -0.05) is 0 Å². The zero-order valence-corrected chi connectivity index (χ0v) is 14.5. The summed E-state index contributed by atoms with van der Waals surface area (Å²) >= 11 is 0. The molecule has 8 aliphatic carbocycles. The normalized spacial score (nSPS) is 51.2. The van der Waals surface area contributed by atoms with Crippen LogP contribution in [0.3, 0.4) is 0 Å². The minimum Gasteiger partial charge on any atom is -0.286 e. The summed E-state index contributed by atoms with van der Waals surface area (Å²) in [5, 5.41) is 0. The molecule has 9 rings (SSSR count). The van der Waals surface area contributed by atoms with E-state index in [0.29, 0.717) is 0 Å². The molecule has 1 aromatic heterocycles. The molecule has 0 radical (unpaired) electrons. The summed E-state index contributed by atoms with van der Waals surface area (Å²) in [5.74, 6) is 7.40. The van der Waals surface area contributed by atoms with Gasteiger partial charge >= 0.3 is 0 Å². The van der Waals surface area contributed by atoms with Crippen molar-refractivity contribution in [1.29, 1.82) is 0 Å². The molecule has 24 heavy (non-hydrogen) atoms. The first kappa shape index (κ1) is 13.3. The second-order valence-corrected chi connectivity index (χ2v) is 10.3. The molecule has 0 atom stereocenters. The van der Waals surface area contributed by atoms with Crippen LogP contribution in [0.25, 0.3) is 11.1 Å². The van der Waals surface area contributed by atoms with Gasteiger partial charge in [-0.05, 0) is 123 Å². The van der Waals surface area contributed by atoms with Gasteiger partial charge < -0.3 is 0 Å². The second-order valence-electron chi connectivity index (χ2n) is 10.3. The maximum absolute atomic E-state index is 5.75. The van der Waals surface area contributed by atoms with Crippen LogP contribution in [0, 0.1) is 47.3 Å². The summed E-state index contributed by atoms with van der Waals surface area (Å²) in [6.45, 7) is 0. The Labute approximate surface area is 143 Å². The number of rotatable bonds is 0. The molecule has 0 aliphatic heterocycles. The molecule has 1 aromatic rings. The lowest BCUT2D eigenvalue weighted by Gasteiger charge is -2.51. The van der Waals surface area contributed by atoms with E-state index < -0.39 is 0 Å². The van der Waals surface area contributed by atoms with Crippen molar-refractivity contribution in [2.24, 2.45) is 47.3 Å². The Morgan fingerprint density at radius 3 is 0.958 bits per heavy atom. The van der Waals surface area contributed by atoms with Gasteiger partial charge in [-0.2, -0.15) is 0 Å². The fourth-order valence-electron chi connectivity index (χ4n) is 8.61. The van der Waals surface area contributed by atoms with Gasteiger partial charge in [0, 0.05) is 0 Å². The minimum atomic E-state index is 0.826. The van der Waals surface area contributed by atoms with Crippen LogP contribution in [0.2, 0.25) is 0 Å². The zero-order chi connectivity index (χ0) is 15.4. The molecule has 0 spiro atoms. The van der Waals surface area contributed by atoms with Crippen LogP contribution >= 0.6 is 0 Å². The Morgan fingerprint density at radius 1 is 0.417 bits per heavy atom. The molecule has 8 aliphatic rings. The molecule has 0 amide bonds. The predicted octanol–water partition coefficient (Wildman–Crippen LogP) is 4.09. The van der Waals surface area contributed by atoms with E-state index in [4.69, 9.17) is 9.15 Å². The van der Waals surface area contributed by atoms with E-state index in [1.807, 2.05) is 0 Å². The molecule has 0 aromatic carbocycles. The Kier molecular flexibility index (Phi) is 2.45. The van der Waals surface area contributed by atoms with Gasteiger partial charge in [-0.15, -0.1) is 0 Å². The van der Waals surface area contributed by atoms with Crippen LogP contribution in [0.15, 0.2) is 9.15 Å². The third-order valence-electron chi connectivity index (χ3n) is 8.97. The average molecular weight is 324 g/mol. The number of hydrogen-bond acceptors (Lipinski definition) is 2. The van der Waals surface area contributed by atoms with E-state index in [2.05, 4.69) is 0 Å². The summed E-state index contributed by atoms with van der Waals surface area (Å²) in [6, 6.07) is 0. The highest BCUT2D eigenvalue weighted by molar-refractivity contribution is 5.57. The van der Waals surface area contributed by atoms with Gasteiger partial charge in [-0.25, -0.2) is 0 Å². The average Bonchev–Trinajstić information content (AvgIpc) is 2.51. The molecule has 2 nitrogen and oxygen atoms in total.